The minimum atomic E-state index is -4.85. The van der Waals surface area contributed by atoms with Crippen LogP contribution in [0.5, 0.6) is 0 Å². The Hall–Kier alpha value is -1.38. The van der Waals surface area contributed by atoms with Crippen molar-refractivity contribution in [1.29, 1.82) is 0 Å². The molecule has 1 saturated heterocycles. The maximum absolute atomic E-state index is 12.8. The van der Waals surface area contributed by atoms with Gasteiger partial charge in [0, 0.05) is 12.0 Å². The molecule has 0 aliphatic carbocycles. The van der Waals surface area contributed by atoms with Crippen LogP contribution in [0.25, 0.3) is 0 Å². The molecule has 0 aromatic rings. The van der Waals surface area contributed by atoms with Gasteiger partial charge in [-0.1, -0.05) is 26.1 Å². The maximum atomic E-state index is 12.8. The summed E-state index contributed by atoms with van der Waals surface area (Å²) in [5, 5.41) is 1.68. The fraction of sp³-hybridized carbons (Fsp3) is 0.727. The molecular formula is C11H16F3N3O2S. The Bertz CT molecular complexity index is 464. The molecule has 1 aliphatic heterocycles. The third-order valence-corrected chi connectivity index (χ3v) is 4.02. The number of imide groups is 1. The van der Waals surface area contributed by atoms with Gasteiger partial charge in [-0.2, -0.15) is 13.2 Å². The number of hydrogen-bond donors (Lipinski definition) is 2. The van der Waals surface area contributed by atoms with E-state index in [2.05, 4.69) is 0 Å². The molecular weight excluding hydrogens is 295 g/mol. The number of thiocarbonyl (C=S) groups is 1. The van der Waals surface area contributed by atoms with Crippen molar-refractivity contribution in [2.24, 2.45) is 11.1 Å². The van der Waals surface area contributed by atoms with E-state index in [0.717, 1.165) is 0 Å². The molecule has 0 aromatic heterocycles. The van der Waals surface area contributed by atoms with Crippen molar-refractivity contribution >= 4 is 29.1 Å². The smallest absolute Gasteiger partial charge is 0.393 e. The van der Waals surface area contributed by atoms with Gasteiger partial charge in [0.25, 0.3) is 5.91 Å². The molecule has 1 fully saturated rings. The Morgan fingerprint density at radius 3 is 2.25 bits per heavy atom. The first-order chi connectivity index (χ1) is 8.83. The van der Waals surface area contributed by atoms with E-state index in [-0.39, 0.29) is 18.0 Å². The minimum absolute atomic E-state index is 0.170. The number of carbonyl (C=O) groups excluding carboxylic acids is 2. The van der Waals surface area contributed by atoms with E-state index < -0.39 is 29.1 Å². The summed E-state index contributed by atoms with van der Waals surface area (Å²) in [6.07, 6.45) is -4.66. The largest absolute Gasteiger partial charge is 0.420 e. The second-order valence-corrected chi connectivity index (χ2v) is 5.95. The number of amides is 3. The number of halogens is 3. The van der Waals surface area contributed by atoms with Gasteiger partial charge in [0.15, 0.2) is 0 Å². The predicted molar refractivity (Wildman–Crippen MR) is 69.9 cm³/mol. The van der Waals surface area contributed by atoms with Gasteiger partial charge in [-0.15, -0.1) is 0 Å². The zero-order valence-corrected chi connectivity index (χ0v) is 12.1. The molecule has 0 saturated carbocycles. The summed E-state index contributed by atoms with van der Waals surface area (Å²) in [5.74, 6) is -1.31. The van der Waals surface area contributed by atoms with E-state index in [1.807, 2.05) is 0 Å². The standard InChI is InChI=1S/C11H16F3N3O2S/c1-9(2,6(15)20)4-5-17-7(18)10(3,11(12,13)14)16-8(17)19/h4-5H2,1-3H3,(H2,15,20)(H,16,19). The lowest BCUT2D eigenvalue weighted by Crippen LogP contribution is -2.56. The van der Waals surface area contributed by atoms with Gasteiger partial charge < -0.3 is 11.1 Å². The van der Waals surface area contributed by atoms with E-state index in [0.29, 0.717) is 11.8 Å². The molecule has 3 N–H and O–H groups in total. The highest BCUT2D eigenvalue weighted by molar-refractivity contribution is 7.80. The first-order valence-corrected chi connectivity index (χ1v) is 6.24. The lowest BCUT2D eigenvalue weighted by Gasteiger charge is -2.26. The summed E-state index contributed by atoms with van der Waals surface area (Å²) >= 11 is 4.83. The van der Waals surface area contributed by atoms with Crippen molar-refractivity contribution in [3.8, 4) is 0 Å². The lowest BCUT2D eigenvalue weighted by atomic mass is 9.89. The number of nitrogens with two attached hydrogens (primary N) is 1. The van der Waals surface area contributed by atoms with E-state index in [9.17, 15) is 22.8 Å². The van der Waals surface area contributed by atoms with Crippen LogP contribution in [0.1, 0.15) is 27.2 Å². The highest BCUT2D eigenvalue weighted by Crippen LogP contribution is 2.35. The molecule has 1 unspecified atom stereocenters. The third kappa shape index (κ3) is 2.72. The molecule has 1 heterocycles. The average Bonchev–Trinajstić information content (AvgIpc) is 2.48. The van der Waals surface area contributed by atoms with Crippen LogP contribution in [0.15, 0.2) is 0 Å². The summed E-state index contributed by atoms with van der Waals surface area (Å²) < 4.78 is 38.5. The zero-order valence-electron chi connectivity index (χ0n) is 11.3. The molecule has 1 rings (SSSR count). The van der Waals surface area contributed by atoms with Crippen LogP contribution in [-0.4, -0.2) is 40.1 Å². The SMILES string of the molecule is CC(C)(CCN1C(=O)NC(C)(C(F)(F)F)C1=O)C(N)=S. The molecule has 1 atom stereocenters. The summed E-state index contributed by atoms with van der Waals surface area (Å²) in [5.41, 5.74) is 1.96. The summed E-state index contributed by atoms with van der Waals surface area (Å²) in [7, 11) is 0. The summed E-state index contributed by atoms with van der Waals surface area (Å²) in [4.78, 5) is 24.1. The van der Waals surface area contributed by atoms with Gasteiger partial charge in [-0.05, 0) is 13.3 Å². The van der Waals surface area contributed by atoms with Crippen LogP contribution in [0, 0.1) is 5.41 Å². The first kappa shape index (κ1) is 16.7. The van der Waals surface area contributed by atoms with Crippen LogP contribution < -0.4 is 11.1 Å². The Balaban J connectivity index is 2.87. The van der Waals surface area contributed by atoms with E-state index >= 15 is 0 Å². The van der Waals surface area contributed by atoms with E-state index in [1.165, 1.54) is 0 Å². The number of nitrogens with one attached hydrogen (secondary N) is 1. The molecule has 0 bridgehead atoms. The molecule has 0 radical (unpaired) electrons. The molecule has 0 aromatic carbocycles. The van der Waals surface area contributed by atoms with Crippen LogP contribution in [0.3, 0.4) is 0 Å². The maximum Gasteiger partial charge on any atom is 0.420 e. The van der Waals surface area contributed by atoms with Gasteiger partial charge in [-0.3, -0.25) is 9.69 Å². The van der Waals surface area contributed by atoms with Crippen molar-refractivity contribution in [2.45, 2.75) is 38.9 Å². The summed E-state index contributed by atoms with van der Waals surface area (Å²) in [6.45, 7) is 3.85. The number of rotatable bonds is 4. The lowest BCUT2D eigenvalue weighted by molar-refractivity contribution is -0.191. The number of urea groups is 1. The molecule has 3 amide bonds. The van der Waals surface area contributed by atoms with Crippen molar-refractivity contribution in [2.75, 3.05) is 6.54 Å². The molecule has 1 aliphatic rings. The third-order valence-electron chi connectivity index (χ3n) is 3.47. The Labute approximate surface area is 119 Å². The first-order valence-electron chi connectivity index (χ1n) is 5.83. The molecule has 5 nitrogen and oxygen atoms in total. The van der Waals surface area contributed by atoms with Crippen molar-refractivity contribution in [3.05, 3.63) is 0 Å². The number of hydrogen-bond acceptors (Lipinski definition) is 3. The zero-order chi connectivity index (χ0) is 15.9. The van der Waals surface area contributed by atoms with Gasteiger partial charge >= 0.3 is 12.2 Å². The van der Waals surface area contributed by atoms with Gasteiger partial charge in [0.2, 0.25) is 5.54 Å². The van der Waals surface area contributed by atoms with Crippen LogP contribution >= 0.6 is 12.2 Å². The Morgan fingerprint density at radius 2 is 1.90 bits per heavy atom. The van der Waals surface area contributed by atoms with Crippen LogP contribution in [0.4, 0.5) is 18.0 Å². The fourth-order valence-electron chi connectivity index (χ4n) is 1.61. The summed E-state index contributed by atoms with van der Waals surface area (Å²) in [6, 6.07) is -1.06. The molecule has 20 heavy (non-hydrogen) atoms. The molecule has 9 heteroatoms. The predicted octanol–water partition coefficient (Wildman–Crippen LogP) is 1.56. The molecule has 114 valence electrons. The highest BCUT2D eigenvalue weighted by Gasteiger charge is 2.64. The highest BCUT2D eigenvalue weighted by atomic mass is 32.1. The van der Waals surface area contributed by atoms with E-state index in [1.54, 1.807) is 19.2 Å². The van der Waals surface area contributed by atoms with Gasteiger partial charge in [-0.25, -0.2) is 4.79 Å². The van der Waals surface area contributed by atoms with Gasteiger partial charge in [0.05, 0.1) is 4.99 Å². The Morgan fingerprint density at radius 1 is 1.40 bits per heavy atom. The molecule has 0 spiro atoms. The monoisotopic (exact) mass is 311 g/mol. The number of carbonyl (C=O) groups is 2. The number of alkyl halides is 3. The van der Waals surface area contributed by atoms with Crippen molar-refractivity contribution < 1.29 is 22.8 Å². The normalized spacial score (nSPS) is 24.0. The van der Waals surface area contributed by atoms with E-state index in [4.69, 9.17) is 18.0 Å². The minimum Gasteiger partial charge on any atom is -0.393 e. The topological polar surface area (TPSA) is 75.4 Å². The second-order valence-electron chi connectivity index (χ2n) is 5.51. The number of nitrogens with zero attached hydrogens (tertiary/aromatic N) is 1. The van der Waals surface area contributed by atoms with Crippen LogP contribution in [0.2, 0.25) is 0 Å². The Kier molecular flexibility index (Phi) is 4.06. The van der Waals surface area contributed by atoms with Gasteiger partial charge in [0.1, 0.15) is 0 Å². The van der Waals surface area contributed by atoms with Crippen molar-refractivity contribution in [1.82, 2.24) is 10.2 Å². The fourth-order valence-corrected chi connectivity index (χ4v) is 1.71. The average molecular weight is 311 g/mol. The van der Waals surface area contributed by atoms with Crippen molar-refractivity contribution in [3.63, 3.8) is 0 Å². The van der Waals surface area contributed by atoms with Crippen LogP contribution in [-0.2, 0) is 4.79 Å². The quantitative estimate of drug-likeness (QED) is 0.610. The second kappa shape index (κ2) is 4.87.